The van der Waals surface area contributed by atoms with Crippen LogP contribution in [0.1, 0.15) is 47.5 Å². The second kappa shape index (κ2) is 5.80. The molecule has 1 rings (SSSR count). The number of rotatable bonds is 4. The summed E-state index contributed by atoms with van der Waals surface area (Å²) in [6.07, 6.45) is 0.615. The number of hydrogen-bond donors (Lipinski definition) is 0. The first-order chi connectivity index (χ1) is 9.33. The lowest BCUT2D eigenvalue weighted by atomic mass is 9.68. The van der Waals surface area contributed by atoms with Crippen LogP contribution in [0.5, 0.6) is 0 Å². The van der Waals surface area contributed by atoms with E-state index in [-0.39, 0.29) is 27.6 Å². The minimum atomic E-state index is -1.97. The molecule has 21 heavy (non-hydrogen) atoms. The average Bonchev–Trinajstić information content (AvgIpc) is 2.32. The summed E-state index contributed by atoms with van der Waals surface area (Å²) in [4.78, 5) is 23.3. The predicted octanol–water partition coefficient (Wildman–Crippen LogP) is 3.66. The molecule has 1 aliphatic rings. The van der Waals surface area contributed by atoms with Crippen LogP contribution in [0.15, 0.2) is 0 Å². The van der Waals surface area contributed by atoms with E-state index < -0.39 is 13.9 Å². The molecule has 0 aromatic heterocycles. The number of carbonyl (C=O) groups is 1. The summed E-state index contributed by atoms with van der Waals surface area (Å²) in [5.74, 6) is -0.528. The van der Waals surface area contributed by atoms with Crippen molar-refractivity contribution in [3.05, 3.63) is 10.1 Å². The fourth-order valence-electron chi connectivity index (χ4n) is 2.62. The molecule has 1 saturated carbocycles. The number of hydrogen-bond acceptors (Lipinski definition) is 4. The number of ketones is 1. The van der Waals surface area contributed by atoms with Crippen molar-refractivity contribution in [2.75, 3.05) is 6.61 Å². The van der Waals surface area contributed by atoms with Gasteiger partial charge in [-0.2, -0.15) is 0 Å². The van der Waals surface area contributed by atoms with Gasteiger partial charge < -0.3 is 4.43 Å². The summed E-state index contributed by atoms with van der Waals surface area (Å²) in [5, 5.41) is 11.6. The maximum absolute atomic E-state index is 12.0. The first kappa shape index (κ1) is 18.3. The summed E-state index contributed by atoms with van der Waals surface area (Å²) < 4.78 is 6.18. The van der Waals surface area contributed by atoms with E-state index in [1.54, 1.807) is 6.92 Å². The average molecular weight is 315 g/mol. The van der Waals surface area contributed by atoms with E-state index in [0.29, 0.717) is 19.4 Å². The molecule has 6 heteroatoms. The van der Waals surface area contributed by atoms with Crippen LogP contribution < -0.4 is 0 Å². The monoisotopic (exact) mass is 315 g/mol. The van der Waals surface area contributed by atoms with Gasteiger partial charge in [0.05, 0.1) is 5.92 Å². The third kappa shape index (κ3) is 3.53. The zero-order chi connectivity index (χ0) is 16.6. The molecule has 0 aromatic carbocycles. The molecule has 0 N–H and O–H groups in total. The lowest BCUT2D eigenvalue weighted by Gasteiger charge is -2.41. The molecule has 1 fully saturated rings. The molecular weight excluding hydrogens is 286 g/mol. The first-order valence-corrected chi connectivity index (χ1v) is 10.5. The molecule has 0 aliphatic heterocycles. The summed E-state index contributed by atoms with van der Waals surface area (Å²) in [7, 11) is -1.97. The van der Waals surface area contributed by atoms with Crippen molar-refractivity contribution >= 4 is 14.1 Å². The van der Waals surface area contributed by atoms with Crippen molar-refractivity contribution in [2.24, 2.45) is 11.8 Å². The van der Waals surface area contributed by atoms with Crippen LogP contribution in [0.2, 0.25) is 18.1 Å². The largest absolute Gasteiger partial charge is 0.416 e. The van der Waals surface area contributed by atoms with Crippen LogP contribution >= 0.6 is 0 Å². The maximum atomic E-state index is 12.0. The van der Waals surface area contributed by atoms with Crippen LogP contribution in [0.4, 0.5) is 0 Å². The van der Waals surface area contributed by atoms with Gasteiger partial charge in [0.1, 0.15) is 5.78 Å². The molecule has 0 aromatic rings. The van der Waals surface area contributed by atoms with E-state index in [2.05, 4.69) is 33.9 Å². The van der Waals surface area contributed by atoms with E-state index in [1.807, 2.05) is 6.92 Å². The van der Waals surface area contributed by atoms with Crippen molar-refractivity contribution in [1.29, 1.82) is 0 Å². The molecule has 0 saturated heterocycles. The highest BCUT2D eigenvalue weighted by molar-refractivity contribution is 6.74. The predicted molar refractivity (Wildman–Crippen MR) is 85.4 cm³/mol. The zero-order valence-electron chi connectivity index (χ0n) is 14.4. The Bertz CT molecular complexity index is 430. The van der Waals surface area contributed by atoms with Crippen molar-refractivity contribution in [3.8, 4) is 0 Å². The van der Waals surface area contributed by atoms with Crippen molar-refractivity contribution in [2.45, 2.75) is 71.1 Å². The Morgan fingerprint density at radius 3 is 2.38 bits per heavy atom. The summed E-state index contributed by atoms with van der Waals surface area (Å²) in [5.41, 5.74) is -1.06. The second-order valence-electron chi connectivity index (χ2n) is 8.05. The summed E-state index contributed by atoms with van der Waals surface area (Å²) in [6, 6.07) is 0. The van der Waals surface area contributed by atoms with Gasteiger partial charge in [-0.05, 0) is 18.1 Å². The Morgan fingerprint density at radius 1 is 1.43 bits per heavy atom. The number of carbonyl (C=O) groups excluding carboxylic acids is 1. The fraction of sp³-hybridized carbons (Fsp3) is 0.933. The Morgan fingerprint density at radius 2 is 1.95 bits per heavy atom. The highest BCUT2D eigenvalue weighted by Gasteiger charge is 2.54. The van der Waals surface area contributed by atoms with Gasteiger partial charge in [0.2, 0.25) is 5.54 Å². The quantitative estimate of drug-likeness (QED) is 0.451. The Balaban J connectivity index is 2.95. The van der Waals surface area contributed by atoms with Crippen LogP contribution in [-0.4, -0.2) is 31.2 Å². The molecule has 0 bridgehead atoms. The Kier molecular flexibility index (Phi) is 5.05. The van der Waals surface area contributed by atoms with E-state index in [0.717, 1.165) is 0 Å². The third-order valence-electron chi connectivity index (χ3n) is 5.63. The molecule has 0 heterocycles. The maximum Gasteiger partial charge on any atom is 0.225 e. The molecule has 3 atom stereocenters. The van der Waals surface area contributed by atoms with Crippen LogP contribution in [0.3, 0.4) is 0 Å². The lowest BCUT2D eigenvalue weighted by Crippen LogP contribution is -2.54. The molecule has 5 nitrogen and oxygen atoms in total. The molecular formula is C15H29NO4Si. The van der Waals surface area contributed by atoms with E-state index in [9.17, 15) is 14.9 Å². The topological polar surface area (TPSA) is 69.4 Å². The van der Waals surface area contributed by atoms with Gasteiger partial charge in [0, 0.05) is 37.2 Å². The molecule has 0 radical (unpaired) electrons. The van der Waals surface area contributed by atoms with Crippen LogP contribution in [-0.2, 0) is 9.22 Å². The minimum Gasteiger partial charge on any atom is -0.416 e. The van der Waals surface area contributed by atoms with Gasteiger partial charge in [0.15, 0.2) is 8.32 Å². The first-order valence-electron chi connectivity index (χ1n) is 7.64. The van der Waals surface area contributed by atoms with Crippen LogP contribution in [0.25, 0.3) is 0 Å². The van der Waals surface area contributed by atoms with Crippen molar-refractivity contribution < 1.29 is 14.1 Å². The van der Waals surface area contributed by atoms with Gasteiger partial charge in [-0.1, -0.05) is 27.7 Å². The summed E-state index contributed by atoms with van der Waals surface area (Å²) >= 11 is 0. The van der Waals surface area contributed by atoms with Crippen molar-refractivity contribution in [1.82, 2.24) is 0 Å². The molecule has 1 aliphatic carbocycles. The van der Waals surface area contributed by atoms with Crippen LogP contribution in [0, 0.1) is 22.0 Å². The highest BCUT2D eigenvalue weighted by atomic mass is 28.4. The SMILES string of the molecule is C[C@H]1C(=O)CC[C@](C)([N+](=O)[O-])[C@H]1CO[Si](C)(C)C(C)(C)C. The van der Waals surface area contributed by atoms with E-state index in [4.69, 9.17) is 4.43 Å². The number of nitrogens with zero attached hydrogens (tertiary/aromatic N) is 1. The Labute approximate surface area is 128 Å². The van der Waals surface area contributed by atoms with Gasteiger partial charge in [0.25, 0.3) is 0 Å². The second-order valence-corrected chi connectivity index (χ2v) is 12.9. The smallest absolute Gasteiger partial charge is 0.225 e. The minimum absolute atomic E-state index is 0.0555. The Hall–Kier alpha value is -0.753. The van der Waals surface area contributed by atoms with Gasteiger partial charge >= 0.3 is 0 Å². The van der Waals surface area contributed by atoms with Gasteiger partial charge in [-0.3, -0.25) is 14.9 Å². The molecule has 0 amide bonds. The normalized spacial score (nSPS) is 31.3. The van der Waals surface area contributed by atoms with E-state index >= 15 is 0 Å². The molecule has 122 valence electrons. The number of nitro groups is 1. The van der Waals surface area contributed by atoms with Gasteiger partial charge in [-0.15, -0.1) is 0 Å². The highest BCUT2D eigenvalue weighted by Crippen LogP contribution is 2.41. The standard InChI is InChI=1S/C15H29NO4Si/c1-11-12(10-20-21(6,7)14(2,3)4)15(5,16(18)19)9-8-13(11)17/h11-12H,8-10H2,1-7H3/t11-,12+,15+/m1/s1. The summed E-state index contributed by atoms with van der Waals surface area (Å²) in [6.45, 7) is 14.5. The zero-order valence-corrected chi connectivity index (χ0v) is 15.4. The molecule has 0 unspecified atom stereocenters. The lowest BCUT2D eigenvalue weighted by molar-refractivity contribution is -0.581. The number of Topliss-reactive ketones (excluding diaryl/α,β-unsaturated/α-hetero) is 1. The van der Waals surface area contributed by atoms with Gasteiger partial charge in [-0.25, -0.2) is 0 Å². The molecule has 0 spiro atoms. The van der Waals surface area contributed by atoms with Crippen molar-refractivity contribution in [3.63, 3.8) is 0 Å². The third-order valence-corrected chi connectivity index (χ3v) is 10.1. The van der Waals surface area contributed by atoms with E-state index in [1.165, 1.54) is 0 Å². The fourth-order valence-corrected chi connectivity index (χ4v) is 3.65.